The van der Waals surface area contributed by atoms with Crippen LogP contribution >= 0.6 is 0 Å². The smallest absolute Gasteiger partial charge is 0.225 e. The number of rotatable bonds is 3. The van der Waals surface area contributed by atoms with Crippen molar-refractivity contribution in [2.45, 2.75) is 77.9 Å². The van der Waals surface area contributed by atoms with Crippen molar-refractivity contribution < 1.29 is 9.53 Å². The van der Waals surface area contributed by atoms with Crippen LogP contribution < -0.4 is 0 Å². The molecule has 0 N–H and O–H groups in total. The second-order valence-electron chi connectivity index (χ2n) is 9.28. The van der Waals surface area contributed by atoms with Crippen molar-refractivity contribution in [3.8, 4) is 0 Å². The normalized spacial score (nSPS) is 32.7. The Morgan fingerprint density at radius 3 is 2.20 bits per heavy atom. The van der Waals surface area contributed by atoms with Crippen LogP contribution in [-0.4, -0.2) is 60.1 Å². The van der Waals surface area contributed by atoms with Gasteiger partial charge in [-0.15, -0.1) is 0 Å². The van der Waals surface area contributed by atoms with Gasteiger partial charge in [-0.25, -0.2) is 0 Å². The van der Waals surface area contributed by atoms with Gasteiger partial charge in [0.2, 0.25) is 5.91 Å². The fourth-order valence-electron chi connectivity index (χ4n) is 5.09. The summed E-state index contributed by atoms with van der Waals surface area (Å²) in [5, 5.41) is 0. The van der Waals surface area contributed by atoms with Crippen molar-refractivity contribution in [3.05, 3.63) is 0 Å². The monoisotopic (exact) mass is 350 g/mol. The largest absolute Gasteiger partial charge is 0.371 e. The second kappa shape index (κ2) is 7.96. The van der Waals surface area contributed by atoms with Crippen molar-refractivity contribution in [1.82, 2.24) is 9.80 Å². The first-order valence-electron chi connectivity index (χ1n) is 10.6. The highest BCUT2D eigenvalue weighted by atomic mass is 16.5. The summed E-state index contributed by atoms with van der Waals surface area (Å²) in [6.45, 7) is 13.7. The Hall–Kier alpha value is -0.610. The molecule has 3 aliphatic rings. The number of likely N-dealkylation sites (tertiary alicyclic amines) is 1. The molecular weight excluding hydrogens is 312 g/mol. The van der Waals surface area contributed by atoms with Crippen LogP contribution in [0.1, 0.15) is 66.2 Å². The molecule has 3 rings (SSSR count). The summed E-state index contributed by atoms with van der Waals surface area (Å²) < 4.78 is 6.25. The van der Waals surface area contributed by atoms with Gasteiger partial charge in [0.05, 0.1) is 12.2 Å². The topological polar surface area (TPSA) is 32.8 Å². The van der Waals surface area contributed by atoms with Crippen LogP contribution in [0.4, 0.5) is 0 Å². The van der Waals surface area contributed by atoms with E-state index >= 15 is 0 Å². The van der Waals surface area contributed by atoms with E-state index in [-0.39, 0.29) is 11.5 Å². The molecule has 0 radical (unpaired) electrons. The first-order valence-corrected chi connectivity index (χ1v) is 10.6. The predicted octanol–water partition coefficient (Wildman–Crippen LogP) is 3.55. The summed E-state index contributed by atoms with van der Waals surface area (Å²) in [6.07, 6.45) is 6.82. The summed E-state index contributed by atoms with van der Waals surface area (Å²) in [6, 6.07) is 0.596. The summed E-state index contributed by atoms with van der Waals surface area (Å²) in [5.41, 5.74) is -0.0437. The molecule has 144 valence electrons. The lowest BCUT2D eigenvalue weighted by Crippen LogP contribution is -2.57. The molecule has 1 saturated carbocycles. The zero-order valence-corrected chi connectivity index (χ0v) is 16.8. The minimum absolute atomic E-state index is 0.0437. The summed E-state index contributed by atoms with van der Waals surface area (Å²) in [5.74, 6) is 2.24. The lowest BCUT2D eigenvalue weighted by Gasteiger charge is -2.48. The van der Waals surface area contributed by atoms with Crippen LogP contribution in [-0.2, 0) is 9.53 Å². The maximum atomic E-state index is 13.1. The van der Waals surface area contributed by atoms with Gasteiger partial charge in [-0.05, 0) is 77.3 Å². The quantitative estimate of drug-likeness (QED) is 0.780. The standard InChI is InChI=1S/C21H38N2O2/c1-16(2)18-5-9-21(10-6-18)15-23(13-14-25-21)20(24)19-7-11-22(12-8-19)17(3)4/h16-19H,5-15H2,1-4H3. The SMILES string of the molecule is CC(C)C1CCC2(CC1)CN(C(=O)C1CCN(C(C)C)CC1)CCO2. The Labute approximate surface area is 154 Å². The maximum Gasteiger partial charge on any atom is 0.225 e. The highest BCUT2D eigenvalue weighted by molar-refractivity contribution is 5.79. The molecule has 4 heteroatoms. The van der Waals surface area contributed by atoms with Gasteiger partial charge >= 0.3 is 0 Å². The summed E-state index contributed by atoms with van der Waals surface area (Å²) >= 11 is 0. The van der Waals surface area contributed by atoms with Gasteiger partial charge in [0.15, 0.2) is 0 Å². The van der Waals surface area contributed by atoms with Crippen LogP contribution in [0.5, 0.6) is 0 Å². The minimum Gasteiger partial charge on any atom is -0.371 e. The molecule has 0 aromatic rings. The third-order valence-corrected chi connectivity index (χ3v) is 7.05. The minimum atomic E-state index is -0.0437. The molecule has 2 heterocycles. The fraction of sp³-hybridized carbons (Fsp3) is 0.952. The van der Waals surface area contributed by atoms with E-state index < -0.39 is 0 Å². The molecular formula is C21H38N2O2. The van der Waals surface area contributed by atoms with Crippen LogP contribution in [0.2, 0.25) is 0 Å². The zero-order valence-electron chi connectivity index (χ0n) is 16.8. The average molecular weight is 351 g/mol. The third kappa shape index (κ3) is 4.39. The summed E-state index contributed by atoms with van der Waals surface area (Å²) in [4.78, 5) is 17.7. The van der Waals surface area contributed by atoms with E-state index in [1.54, 1.807) is 0 Å². The van der Waals surface area contributed by atoms with Crippen LogP contribution in [0.3, 0.4) is 0 Å². The van der Waals surface area contributed by atoms with Gasteiger partial charge in [0.1, 0.15) is 0 Å². The van der Waals surface area contributed by atoms with Gasteiger partial charge < -0.3 is 14.5 Å². The molecule has 1 aliphatic carbocycles. The molecule has 4 nitrogen and oxygen atoms in total. The van der Waals surface area contributed by atoms with Crippen molar-refractivity contribution in [3.63, 3.8) is 0 Å². The molecule has 0 bridgehead atoms. The molecule has 0 aromatic carbocycles. The van der Waals surface area contributed by atoms with E-state index in [1.165, 1.54) is 12.8 Å². The molecule has 2 saturated heterocycles. The van der Waals surface area contributed by atoms with Crippen molar-refractivity contribution >= 4 is 5.91 Å². The average Bonchev–Trinajstić information content (AvgIpc) is 2.61. The third-order valence-electron chi connectivity index (χ3n) is 7.05. The van der Waals surface area contributed by atoms with E-state index in [0.717, 1.165) is 70.3 Å². The molecule has 0 atom stereocenters. The van der Waals surface area contributed by atoms with Gasteiger partial charge in [0, 0.05) is 25.0 Å². The highest BCUT2D eigenvalue weighted by Gasteiger charge is 2.43. The number of morpholine rings is 1. The van der Waals surface area contributed by atoms with Gasteiger partial charge in [-0.3, -0.25) is 4.79 Å². The molecule has 0 aromatic heterocycles. The fourth-order valence-corrected chi connectivity index (χ4v) is 5.09. The van der Waals surface area contributed by atoms with Crippen molar-refractivity contribution in [2.24, 2.45) is 17.8 Å². The Bertz CT molecular complexity index is 447. The number of nitrogens with zero attached hydrogens (tertiary/aromatic N) is 2. The molecule has 1 amide bonds. The first kappa shape index (κ1) is 19.2. The van der Waals surface area contributed by atoms with E-state index in [4.69, 9.17) is 4.74 Å². The molecule has 3 fully saturated rings. The number of carbonyl (C=O) groups is 1. The van der Waals surface area contributed by atoms with Gasteiger partial charge in [0.25, 0.3) is 0 Å². The van der Waals surface area contributed by atoms with Crippen LogP contribution in [0, 0.1) is 17.8 Å². The maximum absolute atomic E-state index is 13.1. The number of amides is 1. The number of piperidine rings is 1. The van der Waals surface area contributed by atoms with E-state index in [0.29, 0.717) is 11.9 Å². The Morgan fingerprint density at radius 2 is 1.64 bits per heavy atom. The number of hydrogen-bond acceptors (Lipinski definition) is 3. The number of ether oxygens (including phenoxy) is 1. The number of carbonyl (C=O) groups excluding carboxylic acids is 1. The van der Waals surface area contributed by atoms with E-state index in [9.17, 15) is 4.79 Å². The Kier molecular flexibility index (Phi) is 6.10. The molecule has 25 heavy (non-hydrogen) atoms. The Morgan fingerprint density at radius 1 is 1.00 bits per heavy atom. The van der Waals surface area contributed by atoms with Crippen molar-refractivity contribution in [1.29, 1.82) is 0 Å². The van der Waals surface area contributed by atoms with Crippen LogP contribution in [0.15, 0.2) is 0 Å². The summed E-state index contributed by atoms with van der Waals surface area (Å²) in [7, 11) is 0. The predicted molar refractivity (Wildman–Crippen MR) is 101 cm³/mol. The Balaban J connectivity index is 1.54. The van der Waals surface area contributed by atoms with E-state index in [1.807, 2.05) is 0 Å². The van der Waals surface area contributed by atoms with Crippen LogP contribution in [0.25, 0.3) is 0 Å². The number of hydrogen-bond donors (Lipinski definition) is 0. The van der Waals surface area contributed by atoms with Gasteiger partial charge in [-0.2, -0.15) is 0 Å². The lowest BCUT2D eigenvalue weighted by molar-refractivity contribution is -0.163. The highest BCUT2D eigenvalue weighted by Crippen LogP contribution is 2.40. The van der Waals surface area contributed by atoms with E-state index in [2.05, 4.69) is 37.5 Å². The second-order valence-corrected chi connectivity index (χ2v) is 9.28. The van der Waals surface area contributed by atoms with Crippen molar-refractivity contribution in [2.75, 3.05) is 32.8 Å². The zero-order chi connectivity index (χ0) is 18.0. The molecule has 2 aliphatic heterocycles. The van der Waals surface area contributed by atoms with Gasteiger partial charge in [-0.1, -0.05) is 13.8 Å². The molecule has 0 unspecified atom stereocenters. The molecule has 1 spiro atoms. The first-order chi connectivity index (χ1) is 11.9. The lowest BCUT2D eigenvalue weighted by atomic mass is 9.74.